The Labute approximate surface area is 777 Å². The standard InChI is InChI=1S/C91H112F3N17O23S/c1-7-8-23-67-90(133)111-44-55(114)38-70(111)86(129)103-63(39-75(118)119)83(126)106-78(47(2)3)91(134)108(5)68(34-48-17-11-9-12-18-48)84(127)104-65(40-76(120)121)88(131)110-43-54(113)37-69(110)85(128)102-62(36-52-41-97-59-22-16-15-21-56(52)59)82(125)101-61(32-50-24-26-53(112)27-25-50)81(124)100-60(28-29-72(95)115)80(123)105-66(79(122)98-42-73(96)116)45-135-46-74(117)99-64(33-51-30-57(92)77(94)58(93)31-51)87(130)109(6)71(89(132)107(67)4)35-49-19-13-10-14-20-49/h9-22,24-27,30-31,41,47,54-55,60-71,78,97,112-114H,7-8,23,28-29,32-40,42-46H2,1-6H3,(H2,95,115)(H2,96,116)(H,98,122)(H,99,117)(H,100,124)(H,101,125)(H,102,128)(H,103,129)(H,104,127)(H,105,123)(H,106,126)(H,118,119)(H,120,121)/t54-,55-,60+,61+,62+,63+,64+,65+,66+,67+,68+,69-,70-,71+,78+/m1/s1. The van der Waals surface area contributed by atoms with E-state index < -0.39 is 321 Å². The molecule has 726 valence electrons. The van der Waals surface area contributed by atoms with E-state index in [-0.39, 0.29) is 30.6 Å². The van der Waals surface area contributed by atoms with Crippen LogP contribution in [0.3, 0.4) is 0 Å². The molecular weight excluding hydrogens is 1790 g/mol. The van der Waals surface area contributed by atoms with Crippen molar-refractivity contribution in [2.45, 2.75) is 201 Å². The van der Waals surface area contributed by atoms with Gasteiger partial charge in [-0.2, -0.15) is 0 Å². The molecule has 0 saturated carbocycles. The number of aliphatic hydroxyl groups is 2. The first-order valence-electron chi connectivity index (χ1n) is 43.6. The summed E-state index contributed by atoms with van der Waals surface area (Å²) < 4.78 is 45.1. The molecule has 0 unspecified atom stereocenters. The van der Waals surface area contributed by atoms with Crippen LogP contribution in [0.4, 0.5) is 13.2 Å². The van der Waals surface area contributed by atoms with Crippen molar-refractivity contribution in [1.82, 2.24) is 77.3 Å². The maximum absolute atomic E-state index is 15.7. The highest BCUT2D eigenvalue weighted by Crippen LogP contribution is 2.29. The van der Waals surface area contributed by atoms with Crippen molar-refractivity contribution in [2.24, 2.45) is 17.4 Å². The Kier molecular flexibility index (Phi) is 37.7. The minimum Gasteiger partial charge on any atom is -0.508 e. The lowest BCUT2D eigenvalue weighted by Crippen LogP contribution is -2.62. The van der Waals surface area contributed by atoms with E-state index in [1.54, 1.807) is 91.9 Å². The van der Waals surface area contributed by atoms with E-state index in [1.165, 1.54) is 51.4 Å². The second kappa shape index (κ2) is 48.6. The summed E-state index contributed by atoms with van der Waals surface area (Å²) >= 11 is 0.567. The van der Waals surface area contributed by atoms with Crippen LogP contribution in [0.2, 0.25) is 0 Å². The highest BCUT2D eigenvalue weighted by atomic mass is 32.2. The van der Waals surface area contributed by atoms with Gasteiger partial charge in [-0.3, -0.25) is 86.3 Å². The lowest BCUT2D eigenvalue weighted by atomic mass is 9.98. The van der Waals surface area contributed by atoms with Crippen LogP contribution >= 0.6 is 11.8 Å². The number of phenols is 1. The van der Waals surface area contributed by atoms with Crippen molar-refractivity contribution >= 4 is 129 Å². The predicted molar refractivity (Wildman–Crippen MR) is 478 cm³/mol. The van der Waals surface area contributed by atoms with Gasteiger partial charge in [0.25, 0.3) is 0 Å². The van der Waals surface area contributed by atoms with Crippen LogP contribution in [0.25, 0.3) is 10.9 Å². The maximum atomic E-state index is 15.7. The maximum Gasteiger partial charge on any atom is 0.305 e. The summed E-state index contributed by atoms with van der Waals surface area (Å²) in [5.74, 6) is -29.7. The monoisotopic (exact) mass is 1900 g/mol. The number of benzene rings is 5. The number of aromatic hydroxyl groups is 1. The number of para-hydroxylation sites is 1. The molecule has 0 radical (unpaired) electrons. The number of rotatable bonds is 24. The van der Waals surface area contributed by atoms with Crippen molar-refractivity contribution < 1.29 is 125 Å². The second-order valence-corrected chi connectivity index (χ2v) is 34.9. The van der Waals surface area contributed by atoms with Crippen LogP contribution in [0.15, 0.2) is 128 Å². The van der Waals surface area contributed by atoms with Crippen molar-refractivity contribution in [3.05, 3.63) is 173 Å². The number of aliphatic carboxylic acids is 2. The predicted octanol–water partition coefficient (Wildman–Crippen LogP) is -1.50. The number of amides is 16. The summed E-state index contributed by atoms with van der Waals surface area (Å²) in [6.07, 6.45) is -8.53. The van der Waals surface area contributed by atoms with Gasteiger partial charge < -0.3 is 114 Å². The van der Waals surface area contributed by atoms with Crippen molar-refractivity contribution in [1.29, 1.82) is 0 Å². The van der Waals surface area contributed by atoms with Crippen LogP contribution < -0.4 is 59.3 Å². The molecule has 9 rings (SSSR count). The number of hydrogen-bond acceptors (Lipinski definition) is 22. The van der Waals surface area contributed by atoms with Gasteiger partial charge in [0, 0.05) is 108 Å². The highest BCUT2D eigenvalue weighted by Gasteiger charge is 2.49. The summed E-state index contributed by atoms with van der Waals surface area (Å²) in [7, 11) is 3.45. The van der Waals surface area contributed by atoms with Crippen LogP contribution in [0, 0.1) is 23.4 Å². The molecule has 1 aromatic heterocycles. The summed E-state index contributed by atoms with van der Waals surface area (Å²) in [6, 6.07) is 4.94. The van der Waals surface area contributed by atoms with Gasteiger partial charge in [-0.25, -0.2) is 13.2 Å². The number of aromatic amines is 1. The molecular formula is C91H112F3N17O23S. The Morgan fingerprint density at radius 3 is 1.56 bits per heavy atom. The number of thioether (sulfide) groups is 1. The minimum absolute atomic E-state index is 0.169. The minimum atomic E-state index is -2.14. The van der Waals surface area contributed by atoms with Crippen LogP contribution in [-0.4, -0.2) is 305 Å². The quantitative estimate of drug-likeness (QED) is 0.0307. The van der Waals surface area contributed by atoms with E-state index in [4.69, 9.17) is 11.5 Å². The molecule has 44 heteroatoms. The number of aliphatic hydroxyl groups excluding tert-OH is 2. The van der Waals surface area contributed by atoms with Gasteiger partial charge in [-0.15, -0.1) is 11.8 Å². The van der Waals surface area contributed by atoms with Crippen molar-refractivity contribution in [2.75, 3.05) is 52.3 Å². The van der Waals surface area contributed by atoms with E-state index in [9.17, 15) is 73.1 Å². The topological polar surface area (TPSA) is 601 Å². The number of nitrogens with two attached hydrogens (primary N) is 2. The Morgan fingerprint density at radius 2 is 0.985 bits per heavy atom. The zero-order chi connectivity index (χ0) is 98.9. The number of carbonyl (C=O) groups is 18. The first-order chi connectivity index (χ1) is 64.0. The number of aromatic nitrogens is 1. The number of nitrogens with zero attached hydrogens (tertiary/aromatic N) is 5. The molecule has 3 aliphatic rings. The van der Waals surface area contributed by atoms with Gasteiger partial charge in [-0.1, -0.05) is 125 Å². The normalized spacial score (nSPS) is 24.4. The van der Waals surface area contributed by atoms with Gasteiger partial charge >= 0.3 is 11.9 Å². The van der Waals surface area contributed by atoms with Crippen molar-refractivity contribution in [3.8, 4) is 5.75 Å². The summed E-state index contributed by atoms with van der Waals surface area (Å²) in [6.45, 7) is 2.50. The smallest absolute Gasteiger partial charge is 0.305 e. The Balaban J connectivity index is 1.15. The Hall–Kier alpha value is -14.0. The molecule has 0 bridgehead atoms. The number of likely N-dealkylation sites (N-methyl/N-ethyl adjacent to an activating group) is 3. The molecule has 3 aliphatic heterocycles. The van der Waals surface area contributed by atoms with E-state index in [0.717, 1.165) is 38.6 Å². The fourth-order valence-electron chi connectivity index (χ4n) is 16.2. The van der Waals surface area contributed by atoms with Gasteiger partial charge in [0.2, 0.25) is 94.5 Å². The molecule has 3 saturated heterocycles. The number of H-pyrrole nitrogens is 1. The number of halogens is 3. The summed E-state index contributed by atoms with van der Waals surface area (Å²) in [5.41, 5.74) is 12.5. The molecule has 4 heterocycles. The van der Waals surface area contributed by atoms with Gasteiger partial charge in [0.15, 0.2) is 17.5 Å². The fourth-order valence-corrected chi connectivity index (χ4v) is 17.0. The van der Waals surface area contributed by atoms with E-state index >= 15 is 51.9 Å². The number of nitrogens with one attached hydrogen (secondary N) is 10. The number of carbonyl (C=O) groups excluding carboxylic acids is 16. The number of fused-ring (bicyclic) bond motifs is 3. The zero-order valence-corrected chi connectivity index (χ0v) is 75.6. The molecule has 0 spiro atoms. The largest absolute Gasteiger partial charge is 0.508 e. The molecule has 0 aliphatic carbocycles. The first kappa shape index (κ1) is 105. The lowest BCUT2D eigenvalue weighted by Gasteiger charge is -2.38. The molecule has 135 heavy (non-hydrogen) atoms. The molecule has 5 aromatic carbocycles. The first-order valence-corrected chi connectivity index (χ1v) is 44.8. The molecule has 15 atom stereocenters. The zero-order valence-electron chi connectivity index (χ0n) is 74.8. The Morgan fingerprint density at radius 1 is 0.496 bits per heavy atom. The van der Waals surface area contributed by atoms with E-state index in [1.807, 2.05) is 0 Å². The van der Waals surface area contributed by atoms with Gasteiger partial charge in [0.05, 0.1) is 37.3 Å². The number of phenolic OH excluding ortho intramolecular Hbond substituents is 1. The SMILES string of the molecule is CCCC[C@H]1C(=O)N2C[C@H](O)C[C@@H]2C(=O)N[C@@H](CC(=O)O)C(=O)N[C@@H](C(C)C)C(=O)N(C)[C@@H](Cc2ccccc2)C(=O)N[C@@H](CC(=O)O)C(=O)N2C[C@H](O)C[C@@H]2C(=O)N[C@@H](Cc2c[nH]c3ccccc23)C(=O)N[C@@H](Cc2ccc(O)cc2)C(=O)N[C@@H](CCC(N)=O)C(=O)N[C@H](C(=O)NCC(N)=O)CSCC(=O)N[C@@H](Cc2cc(F)c(F)c(F)c2)C(=O)N(C)[C@@H](Cc2ccccc2)C(=O)N1C. The average Bonchev–Trinajstić information content (AvgIpc) is 1.69. The average molecular weight is 1900 g/mol. The van der Waals surface area contributed by atoms with Crippen molar-refractivity contribution in [3.63, 3.8) is 0 Å². The molecule has 19 N–H and O–H groups in total. The van der Waals surface area contributed by atoms with Gasteiger partial charge in [-0.05, 0) is 76.9 Å². The van der Waals surface area contributed by atoms with Gasteiger partial charge in [0.1, 0.15) is 84.3 Å². The molecule has 3 fully saturated rings. The number of primary amides is 2. The summed E-state index contributed by atoms with van der Waals surface area (Å²) in [5, 5.41) is 76.6. The highest BCUT2D eigenvalue weighted by molar-refractivity contribution is 8.00. The third kappa shape index (κ3) is 29.0. The summed E-state index contributed by atoms with van der Waals surface area (Å²) in [4.78, 5) is 270. The molecule has 6 aromatic rings. The van der Waals surface area contributed by atoms with E-state index in [0.29, 0.717) is 57.9 Å². The number of carboxylic acids is 2. The van der Waals surface area contributed by atoms with Crippen LogP contribution in [0.1, 0.15) is 106 Å². The Bertz CT molecular complexity index is 5330. The fraction of sp³-hybridized carbons (Fsp3) is 0.451. The van der Waals surface area contributed by atoms with Crippen LogP contribution in [-0.2, 0) is 118 Å². The number of carboxylic acid groups (broad SMARTS) is 2. The lowest BCUT2D eigenvalue weighted by molar-refractivity contribution is -0.152. The van der Waals surface area contributed by atoms with E-state index in [2.05, 4.69) is 52.8 Å². The molecule has 16 amide bonds. The number of unbranched alkanes of at least 4 members (excludes halogenated alkanes) is 1. The third-order valence-electron chi connectivity index (χ3n) is 23.4. The molecule has 40 nitrogen and oxygen atoms in total. The second-order valence-electron chi connectivity index (χ2n) is 33.8. The van der Waals surface area contributed by atoms with Crippen LogP contribution in [0.5, 0.6) is 5.75 Å². The number of hydrogen-bond donors (Lipinski definition) is 17. The third-order valence-corrected chi connectivity index (χ3v) is 24.5.